The van der Waals surface area contributed by atoms with Gasteiger partial charge in [-0.1, -0.05) is 0 Å². The van der Waals surface area contributed by atoms with Crippen LogP contribution in [0.2, 0.25) is 0 Å². The molecule has 4 heteroatoms. The summed E-state index contributed by atoms with van der Waals surface area (Å²) in [6, 6.07) is 5.81. The van der Waals surface area contributed by atoms with Gasteiger partial charge in [-0.05, 0) is 31.2 Å². The molecule has 0 N–H and O–H groups in total. The van der Waals surface area contributed by atoms with Crippen LogP contribution in [0, 0.1) is 12.7 Å². The number of aryl methyl sites for hydroxylation is 1. The van der Waals surface area contributed by atoms with Crippen LogP contribution in [0.25, 0.3) is 11.4 Å². The van der Waals surface area contributed by atoms with Crippen molar-refractivity contribution in [3.05, 3.63) is 42.2 Å². The summed E-state index contributed by atoms with van der Waals surface area (Å²) in [5.41, 5.74) is 0.676. The molecule has 3 nitrogen and oxygen atoms in total. The van der Waals surface area contributed by atoms with Crippen LogP contribution in [0.1, 0.15) is 7.20 Å². The minimum absolute atomic E-state index is 0.0816. The first-order chi connectivity index (χ1) is 7.15. The lowest BCUT2D eigenvalue weighted by Crippen LogP contribution is -1.93. The maximum Gasteiger partial charge on any atom is 0.162 e. The molecule has 1 aromatic carbocycles. The van der Waals surface area contributed by atoms with Crippen molar-refractivity contribution in [1.82, 2.24) is 15.0 Å². The molecule has 0 saturated carbocycles. The molecule has 0 spiro atoms. The van der Waals surface area contributed by atoms with Gasteiger partial charge in [-0.25, -0.2) is 19.3 Å². The van der Waals surface area contributed by atoms with Crippen LogP contribution in [-0.2, 0) is 0 Å². The van der Waals surface area contributed by atoms with Gasteiger partial charge in [-0.3, -0.25) is 0 Å². The molecule has 2 rings (SSSR count). The van der Waals surface area contributed by atoms with Crippen LogP contribution in [0.5, 0.6) is 0 Å². The lowest BCUT2D eigenvalue weighted by Gasteiger charge is -1.99. The Morgan fingerprint density at radius 2 is 1.93 bits per heavy atom. The standard InChI is InChI=1S/C10H8FN3/c1-7-12-6-13-10(14-7)8-2-4-9(11)5-3-8/h2-6H,1H3/i6D. The molecule has 0 atom stereocenters. The van der Waals surface area contributed by atoms with Crippen LogP contribution >= 0.6 is 0 Å². The van der Waals surface area contributed by atoms with Crippen LogP contribution in [0.4, 0.5) is 4.39 Å². The fourth-order valence-electron chi connectivity index (χ4n) is 1.08. The number of hydrogen-bond donors (Lipinski definition) is 0. The molecule has 1 aromatic heterocycles. The zero-order valence-corrected chi connectivity index (χ0v) is 7.53. The fourth-order valence-corrected chi connectivity index (χ4v) is 1.08. The second kappa shape index (κ2) is 3.49. The van der Waals surface area contributed by atoms with Gasteiger partial charge >= 0.3 is 0 Å². The molecule has 0 radical (unpaired) electrons. The quantitative estimate of drug-likeness (QED) is 0.690. The van der Waals surface area contributed by atoms with Crippen molar-refractivity contribution < 1.29 is 5.76 Å². The highest BCUT2D eigenvalue weighted by atomic mass is 19.1. The molecule has 1 heterocycles. The monoisotopic (exact) mass is 190 g/mol. The number of halogens is 1. The number of hydrogen-bond acceptors (Lipinski definition) is 3. The first-order valence-corrected chi connectivity index (χ1v) is 4.10. The average molecular weight is 190 g/mol. The van der Waals surface area contributed by atoms with Gasteiger partial charge in [-0.15, -0.1) is 0 Å². The van der Waals surface area contributed by atoms with Crippen molar-refractivity contribution in [3.8, 4) is 11.4 Å². The van der Waals surface area contributed by atoms with Gasteiger partial charge in [0.25, 0.3) is 0 Å². The van der Waals surface area contributed by atoms with E-state index in [1.54, 1.807) is 19.1 Å². The Hall–Kier alpha value is -1.84. The largest absolute Gasteiger partial charge is 0.222 e. The lowest BCUT2D eigenvalue weighted by atomic mass is 10.2. The molecule has 0 amide bonds. The molecular formula is C10H8FN3. The third kappa shape index (κ3) is 1.74. The van der Waals surface area contributed by atoms with E-state index in [1.165, 1.54) is 12.1 Å². The summed E-state index contributed by atoms with van der Waals surface area (Å²) in [4.78, 5) is 11.7. The molecule has 0 bridgehead atoms. The number of rotatable bonds is 1. The number of aromatic nitrogens is 3. The summed E-state index contributed by atoms with van der Waals surface area (Å²) in [6.45, 7) is 1.69. The van der Waals surface area contributed by atoms with Crippen molar-refractivity contribution in [2.45, 2.75) is 6.92 Å². The van der Waals surface area contributed by atoms with E-state index in [2.05, 4.69) is 15.0 Å². The van der Waals surface area contributed by atoms with Crippen LogP contribution in [0.15, 0.2) is 30.6 Å². The van der Waals surface area contributed by atoms with Crippen molar-refractivity contribution in [3.63, 3.8) is 0 Å². The zero-order valence-electron chi connectivity index (χ0n) is 8.53. The summed E-state index contributed by atoms with van der Waals surface area (Å²) in [6.07, 6.45) is -0.0816. The van der Waals surface area contributed by atoms with E-state index in [9.17, 15) is 4.39 Å². The minimum atomic E-state index is -0.310. The smallest absolute Gasteiger partial charge is 0.162 e. The van der Waals surface area contributed by atoms with Crippen LogP contribution in [0.3, 0.4) is 0 Å². The van der Waals surface area contributed by atoms with Gasteiger partial charge in [0.1, 0.15) is 19.3 Å². The highest BCUT2D eigenvalue weighted by Gasteiger charge is 2.00. The zero-order chi connectivity index (χ0) is 10.8. The SMILES string of the molecule is [2H]c1nc(C)nc(-c2ccc(F)cc2)n1. The maximum atomic E-state index is 12.7. The number of benzene rings is 1. The Bertz CT molecular complexity index is 464. The second-order valence-corrected chi connectivity index (χ2v) is 2.81. The van der Waals surface area contributed by atoms with Crippen molar-refractivity contribution >= 4 is 0 Å². The van der Waals surface area contributed by atoms with E-state index >= 15 is 0 Å². The van der Waals surface area contributed by atoms with Crippen LogP contribution in [-0.4, -0.2) is 15.0 Å². The first-order valence-electron chi connectivity index (χ1n) is 4.60. The van der Waals surface area contributed by atoms with E-state index < -0.39 is 0 Å². The molecular weight excluding hydrogens is 181 g/mol. The van der Waals surface area contributed by atoms with E-state index in [0.29, 0.717) is 17.2 Å². The Labute approximate surface area is 82.1 Å². The van der Waals surface area contributed by atoms with E-state index in [0.717, 1.165) is 0 Å². The third-order valence-corrected chi connectivity index (χ3v) is 1.74. The topological polar surface area (TPSA) is 38.7 Å². The van der Waals surface area contributed by atoms with Crippen LogP contribution < -0.4 is 0 Å². The van der Waals surface area contributed by atoms with Crippen molar-refractivity contribution in [2.24, 2.45) is 0 Å². The van der Waals surface area contributed by atoms with Gasteiger partial charge < -0.3 is 0 Å². The molecule has 0 aliphatic rings. The summed E-state index contributed by atoms with van der Waals surface area (Å²) in [5, 5.41) is 0. The Balaban J connectivity index is 2.49. The molecule has 2 aromatic rings. The normalized spacial score (nSPS) is 11.1. The van der Waals surface area contributed by atoms with E-state index in [4.69, 9.17) is 1.37 Å². The Morgan fingerprint density at radius 3 is 2.57 bits per heavy atom. The molecule has 70 valence electrons. The van der Waals surface area contributed by atoms with E-state index in [1.807, 2.05) is 0 Å². The maximum absolute atomic E-state index is 12.7. The summed E-state index contributed by atoms with van der Waals surface area (Å²) in [5.74, 6) is 0.567. The van der Waals surface area contributed by atoms with E-state index in [-0.39, 0.29) is 12.1 Å². The fraction of sp³-hybridized carbons (Fsp3) is 0.100. The highest BCUT2D eigenvalue weighted by molar-refractivity contribution is 5.53. The summed E-state index contributed by atoms with van der Waals surface area (Å²) < 4.78 is 20.0. The average Bonchev–Trinajstić information content (AvgIpc) is 2.17. The summed E-state index contributed by atoms with van der Waals surface area (Å²) in [7, 11) is 0. The third-order valence-electron chi connectivity index (χ3n) is 1.74. The van der Waals surface area contributed by atoms with Gasteiger partial charge in [0, 0.05) is 5.56 Å². The molecule has 0 saturated heterocycles. The second-order valence-electron chi connectivity index (χ2n) is 2.81. The minimum Gasteiger partial charge on any atom is -0.222 e. The first kappa shape index (κ1) is 7.55. The molecule has 0 aliphatic heterocycles. The molecule has 14 heavy (non-hydrogen) atoms. The predicted octanol–water partition coefficient (Wildman–Crippen LogP) is 1.99. The predicted molar refractivity (Wildman–Crippen MR) is 50.0 cm³/mol. The van der Waals surface area contributed by atoms with Gasteiger partial charge in [0.15, 0.2) is 5.82 Å². The van der Waals surface area contributed by atoms with Gasteiger partial charge in [0.05, 0.1) is 0 Å². The Morgan fingerprint density at radius 1 is 1.21 bits per heavy atom. The Kier molecular flexibility index (Phi) is 1.88. The van der Waals surface area contributed by atoms with Crippen molar-refractivity contribution in [1.29, 1.82) is 0 Å². The number of nitrogens with zero attached hydrogens (tertiary/aromatic N) is 3. The molecule has 0 fully saturated rings. The molecule has 0 unspecified atom stereocenters. The van der Waals surface area contributed by atoms with Crippen molar-refractivity contribution in [2.75, 3.05) is 0 Å². The highest BCUT2D eigenvalue weighted by Crippen LogP contribution is 2.13. The lowest BCUT2D eigenvalue weighted by molar-refractivity contribution is 0.628. The van der Waals surface area contributed by atoms with Gasteiger partial charge in [-0.2, -0.15) is 0 Å². The van der Waals surface area contributed by atoms with Gasteiger partial charge in [0.2, 0.25) is 0 Å². The summed E-state index contributed by atoms with van der Waals surface area (Å²) >= 11 is 0. The molecule has 0 aliphatic carbocycles.